The Kier molecular flexibility index (Phi) is 32.3. The van der Waals surface area contributed by atoms with E-state index in [2.05, 4.69) is 26.0 Å². The van der Waals surface area contributed by atoms with Crippen molar-refractivity contribution in [1.82, 2.24) is 0 Å². The highest BCUT2D eigenvalue weighted by molar-refractivity contribution is 5.70. The van der Waals surface area contributed by atoms with Crippen LogP contribution in [0, 0.1) is 0 Å². The Balaban J connectivity index is 1.81. The second-order valence-electron chi connectivity index (χ2n) is 17.3. The molecule has 2 rings (SSSR count). The van der Waals surface area contributed by atoms with Crippen LogP contribution < -0.4 is 0 Å². The molecule has 0 amide bonds. The normalized spacial score (nSPS) is 27.1. The van der Waals surface area contributed by atoms with Gasteiger partial charge in [-0.25, -0.2) is 0 Å². The van der Waals surface area contributed by atoms with Gasteiger partial charge in [-0.05, 0) is 38.5 Å². The summed E-state index contributed by atoms with van der Waals surface area (Å²) in [6.07, 6.45) is 15.4. The van der Waals surface area contributed by atoms with Crippen molar-refractivity contribution in [2.75, 3.05) is 26.4 Å². The minimum absolute atomic E-state index is 0.167. The van der Waals surface area contributed by atoms with Crippen LogP contribution in [-0.2, 0) is 38.0 Å². The molecule has 0 bridgehead atoms. The van der Waals surface area contributed by atoms with Crippen molar-refractivity contribution in [2.45, 2.75) is 248 Å². The third-order valence-corrected chi connectivity index (χ3v) is 11.7. The Morgan fingerprint density at radius 3 is 1.44 bits per heavy atom. The molecule has 2 saturated heterocycles. The van der Waals surface area contributed by atoms with Crippen LogP contribution in [0.5, 0.6) is 0 Å². The maximum Gasteiger partial charge on any atom is 0.306 e. The number of rotatable bonds is 37. The van der Waals surface area contributed by atoms with Gasteiger partial charge in [-0.15, -0.1) is 0 Å². The third kappa shape index (κ3) is 24.0. The smallest absolute Gasteiger partial charge is 0.306 e. The molecular weight excluding hydrogens is 805 g/mol. The van der Waals surface area contributed by atoms with Gasteiger partial charge in [0.15, 0.2) is 18.7 Å². The number of allylic oxidation sites excluding steroid dienone is 2. The molecule has 2 heterocycles. The summed E-state index contributed by atoms with van der Waals surface area (Å²) >= 11 is 0. The van der Waals surface area contributed by atoms with Crippen LogP contribution in [0.4, 0.5) is 0 Å². The molecule has 2 aliphatic heterocycles. The molecule has 0 radical (unpaired) electrons. The Morgan fingerprint density at radius 2 is 0.919 bits per heavy atom. The number of hydrogen-bond acceptors (Lipinski definition) is 15. The predicted molar refractivity (Wildman–Crippen MR) is 234 cm³/mol. The van der Waals surface area contributed by atoms with Gasteiger partial charge in [0.05, 0.1) is 19.8 Å². The van der Waals surface area contributed by atoms with Crippen LogP contribution in [0.25, 0.3) is 0 Å². The first-order valence-corrected chi connectivity index (χ1v) is 24.3. The minimum Gasteiger partial charge on any atom is -0.462 e. The zero-order chi connectivity index (χ0) is 45.4. The van der Waals surface area contributed by atoms with Gasteiger partial charge in [0.2, 0.25) is 0 Å². The minimum atomic E-state index is -1.76. The van der Waals surface area contributed by atoms with Crippen molar-refractivity contribution >= 4 is 11.9 Å². The summed E-state index contributed by atoms with van der Waals surface area (Å²) in [5, 5.41) is 71.9. The van der Waals surface area contributed by atoms with Crippen LogP contribution in [0.2, 0.25) is 0 Å². The first-order valence-electron chi connectivity index (χ1n) is 24.3. The molecule has 62 heavy (non-hydrogen) atoms. The Bertz CT molecular complexity index is 1140. The number of hydrogen-bond donors (Lipinski definition) is 7. The van der Waals surface area contributed by atoms with Crippen molar-refractivity contribution in [2.24, 2.45) is 0 Å². The number of unbranched alkanes of at least 4 members (excludes halogenated alkanes) is 21. The zero-order valence-electron chi connectivity index (χ0n) is 38.1. The van der Waals surface area contributed by atoms with Gasteiger partial charge in [0, 0.05) is 12.8 Å². The fourth-order valence-electron chi connectivity index (χ4n) is 7.68. The predicted octanol–water partition coefficient (Wildman–Crippen LogP) is 5.82. The third-order valence-electron chi connectivity index (χ3n) is 11.7. The average molecular weight is 891 g/mol. The highest BCUT2D eigenvalue weighted by Crippen LogP contribution is 2.26. The van der Waals surface area contributed by atoms with Gasteiger partial charge in [-0.2, -0.15) is 0 Å². The van der Waals surface area contributed by atoms with Gasteiger partial charge < -0.3 is 64.2 Å². The maximum absolute atomic E-state index is 13.0. The van der Waals surface area contributed by atoms with E-state index in [1.165, 1.54) is 96.3 Å². The summed E-state index contributed by atoms with van der Waals surface area (Å²) in [6.45, 7) is 2.55. The van der Waals surface area contributed by atoms with Crippen LogP contribution >= 0.6 is 0 Å². The zero-order valence-corrected chi connectivity index (χ0v) is 38.1. The SMILES string of the molecule is CCCCCC/C=C/CCCCCCCCCCCC(=O)O[C@H](COC(=O)CCCCCCCCCCC)CO[C@H]1O[C@@H](CO[C@H]2O[C@@H](CO)[C@@H](O)C(O)C2O)[C@@H](O)C(O)C1O. The quantitative estimate of drug-likeness (QED) is 0.0221. The second kappa shape index (κ2) is 35.5. The molecule has 15 heteroatoms. The standard InChI is InChI=1S/C47H86O15/c1-3-5-7-9-11-13-14-15-16-17-18-19-20-22-24-26-28-30-39(50)60-35(32-57-38(49)29-27-25-23-21-12-10-8-6-4-2)33-58-46-45(56)43(54)41(52)37(62-46)34-59-47-44(55)42(53)40(51)36(31-48)61-47/h13-14,35-37,40-48,51-56H,3-12,15-34H2,1-2H3/b14-13+/t35-,36+,37+,40-,41-,42?,43?,44?,45?,46+,47+/m1/s1. The first kappa shape index (κ1) is 56.4. The van der Waals surface area contributed by atoms with Crippen molar-refractivity contribution in [1.29, 1.82) is 0 Å². The summed E-state index contributed by atoms with van der Waals surface area (Å²) in [7, 11) is 0. The molecule has 2 fully saturated rings. The van der Waals surface area contributed by atoms with E-state index in [0.717, 1.165) is 44.9 Å². The van der Waals surface area contributed by atoms with Gasteiger partial charge >= 0.3 is 11.9 Å². The number of aliphatic hydroxyl groups excluding tert-OH is 7. The lowest BCUT2D eigenvalue weighted by molar-refractivity contribution is -0.332. The van der Waals surface area contributed by atoms with Crippen LogP contribution in [0.15, 0.2) is 12.2 Å². The topological polar surface area (TPSA) is 231 Å². The fraction of sp³-hybridized carbons (Fsp3) is 0.915. The number of carbonyl (C=O) groups is 2. The van der Waals surface area contributed by atoms with Crippen molar-refractivity contribution in [3.05, 3.63) is 12.2 Å². The van der Waals surface area contributed by atoms with Crippen LogP contribution in [-0.4, -0.2) is 142 Å². The molecule has 0 aromatic heterocycles. The van der Waals surface area contributed by atoms with E-state index in [-0.39, 0.29) is 26.1 Å². The lowest BCUT2D eigenvalue weighted by Crippen LogP contribution is -2.61. The number of esters is 2. The van der Waals surface area contributed by atoms with Crippen molar-refractivity contribution in [3.63, 3.8) is 0 Å². The molecule has 364 valence electrons. The summed E-state index contributed by atoms with van der Waals surface area (Å²) in [6, 6.07) is 0. The first-order chi connectivity index (χ1) is 30.0. The molecule has 7 N–H and O–H groups in total. The van der Waals surface area contributed by atoms with E-state index in [4.69, 9.17) is 28.4 Å². The largest absolute Gasteiger partial charge is 0.462 e. The highest BCUT2D eigenvalue weighted by Gasteiger charge is 2.47. The number of carbonyl (C=O) groups excluding carboxylic acids is 2. The Morgan fingerprint density at radius 1 is 0.500 bits per heavy atom. The monoisotopic (exact) mass is 891 g/mol. The van der Waals surface area contributed by atoms with E-state index in [0.29, 0.717) is 12.8 Å². The summed E-state index contributed by atoms with van der Waals surface area (Å²) in [5.74, 6) is -0.924. The summed E-state index contributed by atoms with van der Waals surface area (Å²) in [5.41, 5.74) is 0. The van der Waals surface area contributed by atoms with Gasteiger partial charge in [-0.1, -0.05) is 142 Å². The van der Waals surface area contributed by atoms with Gasteiger partial charge in [0.1, 0.15) is 55.4 Å². The molecule has 0 aliphatic carbocycles. The van der Waals surface area contributed by atoms with Crippen LogP contribution in [0.1, 0.15) is 181 Å². The van der Waals surface area contributed by atoms with E-state index in [1.54, 1.807) is 0 Å². The lowest BCUT2D eigenvalue weighted by Gasteiger charge is -2.42. The molecule has 0 saturated carbocycles. The molecule has 11 atom stereocenters. The number of aliphatic hydroxyl groups is 7. The second-order valence-corrected chi connectivity index (χ2v) is 17.3. The Labute approximate surface area is 371 Å². The van der Waals surface area contributed by atoms with Gasteiger partial charge in [0.25, 0.3) is 0 Å². The maximum atomic E-state index is 13.0. The molecule has 15 nitrogen and oxygen atoms in total. The van der Waals surface area contributed by atoms with Crippen molar-refractivity contribution in [3.8, 4) is 0 Å². The molecule has 4 unspecified atom stereocenters. The molecule has 0 aromatic carbocycles. The molecule has 0 spiro atoms. The molecule has 2 aliphatic rings. The Hall–Kier alpha value is -1.76. The average Bonchev–Trinajstić information content (AvgIpc) is 3.26. The van der Waals surface area contributed by atoms with E-state index < -0.39 is 92.7 Å². The highest BCUT2D eigenvalue weighted by atomic mass is 16.7. The van der Waals surface area contributed by atoms with Crippen LogP contribution in [0.3, 0.4) is 0 Å². The van der Waals surface area contributed by atoms with Gasteiger partial charge in [-0.3, -0.25) is 9.59 Å². The fourth-order valence-corrected chi connectivity index (χ4v) is 7.68. The lowest BCUT2D eigenvalue weighted by atomic mass is 9.98. The van der Waals surface area contributed by atoms with E-state index >= 15 is 0 Å². The molecule has 0 aromatic rings. The van der Waals surface area contributed by atoms with Crippen molar-refractivity contribution < 1.29 is 73.8 Å². The summed E-state index contributed by atoms with van der Waals surface area (Å²) in [4.78, 5) is 25.6. The van der Waals surface area contributed by atoms with E-state index in [1.807, 2.05) is 0 Å². The van der Waals surface area contributed by atoms with E-state index in [9.17, 15) is 45.3 Å². The molecular formula is C47H86O15. The number of ether oxygens (including phenoxy) is 6. The summed E-state index contributed by atoms with van der Waals surface area (Å²) < 4.78 is 33.5.